The summed E-state index contributed by atoms with van der Waals surface area (Å²) in [6.07, 6.45) is 3.14. The highest BCUT2D eigenvalue weighted by molar-refractivity contribution is 6.10. The zero-order valence-electron chi connectivity index (χ0n) is 15.5. The number of methoxy groups -OCH3 is 5. The van der Waals surface area contributed by atoms with Gasteiger partial charge in [-0.2, -0.15) is 0 Å². The van der Waals surface area contributed by atoms with E-state index in [2.05, 4.69) is 0 Å². The highest BCUT2D eigenvalue weighted by Crippen LogP contribution is 2.35. The Bertz CT molecular complexity index is 785. The molecular formula is C20H22O6. The number of hydrogen-bond donors (Lipinski definition) is 0. The average Bonchev–Trinajstić information content (AvgIpc) is 2.70. The van der Waals surface area contributed by atoms with Crippen molar-refractivity contribution in [1.82, 2.24) is 0 Å². The van der Waals surface area contributed by atoms with Crippen molar-refractivity contribution in [2.75, 3.05) is 35.5 Å². The first-order valence-electron chi connectivity index (χ1n) is 7.82. The van der Waals surface area contributed by atoms with E-state index in [0.29, 0.717) is 34.3 Å². The van der Waals surface area contributed by atoms with Crippen LogP contribution in [0, 0.1) is 0 Å². The molecule has 2 aromatic carbocycles. The first kappa shape index (κ1) is 19.2. The minimum absolute atomic E-state index is 0.254. The molecule has 0 aliphatic carbocycles. The number of ether oxygens (including phenoxy) is 5. The Morgan fingerprint density at radius 1 is 0.731 bits per heavy atom. The Balaban J connectivity index is 2.36. The molecule has 6 heteroatoms. The van der Waals surface area contributed by atoms with Gasteiger partial charge in [0.15, 0.2) is 17.3 Å². The van der Waals surface area contributed by atoms with Gasteiger partial charge in [-0.15, -0.1) is 0 Å². The molecule has 0 saturated carbocycles. The summed E-state index contributed by atoms with van der Waals surface area (Å²) in [6, 6.07) is 8.66. The summed E-state index contributed by atoms with van der Waals surface area (Å²) in [5.74, 6) is 2.25. The number of carbonyl (C=O) groups excluding carboxylic acids is 1. The zero-order valence-corrected chi connectivity index (χ0v) is 15.5. The first-order chi connectivity index (χ1) is 12.6. The number of carbonyl (C=O) groups is 1. The minimum Gasteiger partial charge on any atom is -0.496 e. The fourth-order valence-corrected chi connectivity index (χ4v) is 2.46. The maximum absolute atomic E-state index is 12.7. The third-order valence-corrected chi connectivity index (χ3v) is 3.80. The molecule has 0 fully saturated rings. The van der Waals surface area contributed by atoms with E-state index in [1.165, 1.54) is 27.4 Å². The molecule has 0 heterocycles. The Morgan fingerprint density at radius 3 is 1.81 bits per heavy atom. The SMILES string of the molecule is COc1cc(OC)c(C(=O)/C=C\c2ccc(OC)c(OC)c2)c(OC)c1. The van der Waals surface area contributed by atoms with Crippen molar-refractivity contribution in [2.24, 2.45) is 0 Å². The van der Waals surface area contributed by atoms with Crippen LogP contribution in [-0.2, 0) is 0 Å². The molecular weight excluding hydrogens is 336 g/mol. The summed E-state index contributed by atoms with van der Waals surface area (Å²) in [6.45, 7) is 0. The van der Waals surface area contributed by atoms with Crippen LogP contribution in [0.3, 0.4) is 0 Å². The lowest BCUT2D eigenvalue weighted by Gasteiger charge is -2.13. The van der Waals surface area contributed by atoms with Crippen LogP contribution >= 0.6 is 0 Å². The van der Waals surface area contributed by atoms with Crippen LogP contribution in [0.25, 0.3) is 6.08 Å². The Labute approximate surface area is 152 Å². The largest absolute Gasteiger partial charge is 0.496 e. The molecule has 2 rings (SSSR count). The lowest BCUT2D eigenvalue weighted by molar-refractivity contribution is 0.104. The van der Waals surface area contributed by atoms with E-state index < -0.39 is 0 Å². The van der Waals surface area contributed by atoms with E-state index in [1.807, 2.05) is 6.07 Å². The Kier molecular flexibility index (Phi) is 6.49. The molecule has 0 aliphatic rings. The van der Waals surface area contributed by atoms with Gasteiger partial charge in [-0.05, 0) is 23.8 Å². The molecule has 0 N–H and O–H groups in total. The predicted molar refractivity (Wildman–Crippen MR) is 99.0 cm³/mol. The van der Waals surface area contributed by atoms with E-state index in [1.54, 1.807) is 44.6 Å². The standard InChI is InChI=1S/C20H22O6/c1-22-14-11-18(25-4)20(19(12-14)26-5)15(21)8-6-13-7-9-16(23-2)17(10-13)24-3/h6-12H,1-5H3/b8-6-. The molecule has 0 spiro atoms. The highest BCUT2D eigenvalue weighted by atomic mass is 16.5. The molecule has 0 radical (unpaired) electrons. The molecule has 0 aromatic heterocycles. The predicted octanol–water partition coefficient (Wildman–Crippen LogP) is 3.63. The van der Waals surface area contributed by atoms with Crippen molar-refractivity contribution in [3.8, 4) is 28.7 Å². The first-order valence-corrected chi connectivity index (χ1v) is 7.82. The van der Waals surface area contributed by atoms with Crippen molar-refractivity contribution in [3.05, 3.63) is 47.5 Å². The van der Waals surface area contributed by atoms with E-state index >= 15 is 0 Å². The quantitative estimate of drug-likeness (QED) is 0.530. The van der Waals surface area contributed by atoms with Crippen molar-refractivity contribution < 1.29 is 28.5 Å². The molecule has 6 nitrogen and oxygen atoms in total. The summed E-state index contributed by atoms with van der Waals surface area (Å²) in [5.41, 5.74) is 1.12. The van der Waals surface area contributed by atoms with Crippen molar-refractivity contribution >= 4 is 11.9 Å². The van der Waals surface area contributed by atoms with Gasteiger partial charge >= 0.3 is 0 Å². The van der Waals surface area contributed by atoms with Crippen LogP contribution < -0.4 is 23.7 Å². The Morgan fingerprint density at radius 2 is 1.31 bits per heavy atom. The van der Waals surface area contributed by atoms with Crippen LogP contribution in [0.1, 0.15) is 15.9 Å². The summed E-state index contributed by atoms with van der Waals surface area (Å²) >= 11 is 0. The minimum atomic E-state index is -0.254. The van der Waals surface area contributed by atoms with Crippen molar-refractivity contribution in [1.29, 1.82) is 0 Å². The maximum Gasteiger partial charge on any atom is 0.193 e. The molecule has 0 bridgehead atoms. The van der Waals surface area contributed by atoms with Crippen LogP contribution in [0.4, 0.5) is 0 Å². The van der Waals surface area contributed by atoms with Crippen LogP contribution in [0.2, 0.25) is 0 Å². The van der Waals surface area contributed by atoms with E-state index in [-0.39, 0.29) is 5.78 Å². The highest BCUT2D eigenvalue weighted by Gasteiger charge is 2.18. The fraction of sp³-hybridized carbons (Fsp3) is 0.250. The summed E-state index contributed by atoms with van der Waals surface area (Å²) in [5, 5.41) is 0. The molecule has 0 amide bonds. The summed E-state index contributed by atoms with van der Waals surface area (Å²) in [4.78, 5) is 12.7. The molecule has 0 atom stereocenters. The molecule has 0 unspecified atom stereocenters. The molecule has 0 aliphatic heterocycles. The number of rotatable bonds is 8. The van der Waals surface area contributed by atoms with E-state index in [4.69, 9.17) is 23.7 Å². The third kappa shape index (κ3) is 4.08. The Hall–Kier alpha value is -3.15. The topological polar surface area (TPSA) is 63.2 Å². The number of allylic oxidation sites excluding steroid dienone is 1. The second-order valence-electron chi connectivity index (χ2n) is 5.22. The van der Waals surface area contributed by atoms with Crippen molar-refractivity contribution in [2.45, 2.75) is 0 Å². The van der Waals surface area contributed by atoms with E-state index in [0.717, 1.165) is 5.56 Å². The number of hydrogen-bond acceptors (Lipinski definition) is 6. The van der Waals surface area contributed by atoms with Gasteiger partial charge in [-0.25, -0.2) is 0 Å². The van der Waals surface area contributed by atoms with Gasteiger partial charge in [-0.1, -0.05) is 12.1 Å². The summed E-state index contributed by atoms with van der Waals surface area (Å²) in [7, 11) is 7.64. The monoisotopic (exact) mass is 358 g/mol. The molecule has 138 valence electrons. The lowest BCUT2D eigenvalue weighted by atomic mass is 10.1. The van der Waals surface area contributed by atoms with Crippen LogP contribution in [0.5, 0.6) is 28.7 Å². The maximum atomic E-state index is 12.7. The lowest BCUT2D eigenvalue weighted by Crippen LogP contribution is -2.03. The molecule has 2 aromatic rings. The van der Waals surface area contributed by atoms with Crippen LogP contribution in [0.15, 0.2) is 36.4 Å². The van der Waals surface area contributed by atoms with Crippen molar-refractivity contribution in [3.63, 3.8) is 0 Å². The van der Waals surface area contributed by atoms with Gasteiger partial charge in [-0.3, -0.25) is 4.79 Å². The van der Waals surface area contributed by atoms with Gasteiger partial charge in [0.25, 0.3) is 0 Å². The number of benzene rings is 2. The van der Waals surface area contributed by atoms with Gasteiger partial charge in [0.05, 0.1) is 35.5 Å². The molecule has 26 heavy (non-hydrogen) atoms. The third-order valence-electron chi connectivity index (χ3n) is 3.80. The summed E-state index contributed by atoms with van der Waals surface area (Å²) < 4.78 is 26.3. The number of ketones is 1. The second-order valence-corrected chi connectivity index (χ2v) is 5.22. The average molecular weight is 358 g/mol. The van der Waals surface area contributed by atoms with Crippen LogP contribution in [-0.4, -0.2) is 41.3 Å². The van der Waals surface area contributed by atoms with Gasteiger partial charge in [0.1, 0.15) is 22.8 Å². The van der Waals surface area contributed by atoms with Gasteiger partial charge in [0.2, 0.25) is 0 Å². The fourth-order valence-electron chi connectivity index (χ4n) is 2.46. The van der Waals surface area contributed by atoms with Gasteiger partial charge < -0.3 is 23.7 Å². The normalized spacial score (nSPS) is 10.5. The van der Waals surface area contributed by atoms with Gasteiger partial charge in [0, 0.05) is 12.1 Å². The van der Waals surface area contributed by atoms with E-state index in [9.17, 15) is 4.79 Å². The second kappa shape index (κ2) is 8.80. The zero-order chi connectivity index (χ0) is 19.1. The molecule has 0 saturated heterocycles. The smallest absolute Gasteiger partial charge is 0.193 e.